The van der Waals surface area contributed by atoms with Crippen LogP contribution < -0.4 is 16.8 Å². The van der Waals surface area contributed by atoms with Crippen molar-refractivity contribution in [3.63, 3.8) is 0 Å². The van der Waals surface area contributed by atoms with Gasteiger partial charge in [-0.2, -0.15) is 0 Å². The van der Waals surface area contributed by atoms with E-state index in [2.05, 4.69) is 10.3 Å². The Morgan fingerprint density at radius 1 is 1.17 bits per heavy atom. The van der Waals surface area contributed by atoms with Crippen LogP contribution in [0.15, 0.2) is 18.2 Å². The molecule has 8 N–H and O–H groups in total. The summed E-state index contributed by atoms with van der Waals surface area (Å²) in [5.74, 6) is -1.09. The molecule has 3 amide bonds. The molecule has 0 saturated heterocycles. The van der Waals surface area contributed by atoms with Gasteiger partial charge in [0.05, 0.1) is 17.8 Å². The Bertz CT molecular complexity index is 743. The highest BCUT2D eigenvalue weighted by molar-refractivity contribution is 6.13. The first-order valence-electron chi connectivity index (χ1n) is 7.10. The van der Waals surface area contributed by atoms with E-state index >= 15 is 0 Å². The second-order valence-corrected chi connectivity index (χ2v) is 5.54. The number of hydrogen-bond acceptors (Lipinski definition) is 4. The van der Waals surface area contributed by atoms with Crippen molar-refractivity contribution < 1.29 is 19.8 Å². The molecule has 0 aliphatic heterocycles. The van der Waals surface area contributed by atoms with Crippen molar-refractivity contribution in [1.82, 2.24) is 4.98 Å². The van der Waals surface area contributed by atoms with Gasteiger partial charge in [-0.05, 0) is 25.5 Å². The molecule has 0 bridgehead atoms. The second-order valence-electron chi connectivity index (χ2n) is 5.54. The molecule has 0 aliphatic carbocycles. The normalized spacial score (nSPS) is 15.1. The van der Waals surface area contributed by atoms with Crippen LogP contribution in [0.3, 0.4) is 0 Å². The molecule has 8 heteroatoms. The van der Waals surface area contributed by atoms with Gasteiger partial charge in [0.1, 0.15) is 5.82 Å². The Balaban J connectivity index is 2.60. The summed E-state index contributed by atoms with van der Waals surface area (Å²) < 4.78 is 0. The maximum Gasteiger partial charge on any atom is 0.317 e. The van der Waals surface area contributed by atoms with Gasteiger partial charge in [0.25, 0.3) is 5.91 Å². The minimum absolute atomic E-state index is 0.114. The van der Waals surface area contributed by atoms with Crippen molar-refractivity contribution in [2.45, 2.75) is 32.0 Å². The lowest BCUT2D eigenvalue weighted by Crippen LogP contribution is -2.25. The number of carbonyl (C=O) groups excluding carboxylic acids is 2. The fourth-order valence-electron chi connectivity index (χ4n) is 2.86. The lowest BCUT2D eigenvalue weighted by atomic mass is 9.89. The van der Waals surface area contributed by atoms with Crippen LogP contribution in [0, 0.1) is 0 Å². The lowest BCUT2D eigenvalue weighted by Gasteiger charge is -2.23. The number of aromatic nitrogens is 1. The van der Waals surface area contributed by atoms with Crippen molar-refractivity contribution >= 4 is 28.7 Å². The third kappa shape index (κ3) is 3.27. The number of amides is 3. The monoisotopic (exact) mass is 320 g/mol. The van der Waals surface area contributed by atoms with E-state index in [1.807, 2.05) is 0 Å². The first kappa shape index (κ1) is 16.8. The van der Waals surface area contributed by atoms with Crippen molar-refractivity contribution in [3.8, 4) is 0 Å². The molecule has 2 unspecified atom stereocenters. The highest BCUT2D eigenvalue weighted by Gasteiger charge is 2.24. The molecule has 0 fully saturated rings. The molecule has 0 aliphatic rings. The third-order valence-electron chi connectivity index (χ3n) is 3.74. The molecule has 1 aromatic carbocycles. The number of H-pyrrole nitrogens is 1. The number of nitrogens with two attached hydrogens (primary N) is 2. The average Bonchev–Trinajstić information content (AvgIpc) is 2.73. The highest BCUT2D eigenvalue weighted by atomic mass is 16.3. The molecule has 1 heterocycles. The molecule has 2 aromatic rings. The number of fused-ring (bicyclic) bond motifs is 1. The van der Waals surface area contributed by atoms with Gasteiger partial charge < -0.3 is 26.7 Å². The zero-order valence-electron chi connectivity index (χ0n) is 12.8. The van der Waals surface area contributed by atoms with Gasteiger partial charge in [0, 0.05) is 16.8 Å². The van der Waals surface area contributed by atoms with Crippen molar-refractivity contribution in [2.24, 2.45) is 11.5 Å². The van der Waals surface area contributed by atoms with Crippen LogP contribution in [0.5, 0.6) is 0 Å². The number of aliphatic hydroxyl groups is 2. The van der Waals surface area contributed by atoms with E-state index < -0.39 is 30.1 Å². The van der Waals surface area contributed by atoms with E-state index in [0.717, 1.165) is 0 Å². The highest BCUT2D eigenvalue weighted by Crippen LogP contribution is 2.31. The van der Waals surface area contributed by atoms with Gasteiger partial charge in [0.15, 0.2) is 0 Å². The SMILES string of the molecule is CC(O)C(c1ccc2c(C(N)=O)c(NC(N)=O)[nH]c2c1)C(C)O. The Morgan fingerprint density at radius 3 is 2.26 bits per heavy atom. The minimum atomic E-state index is -0.829. The fraction of sp³-hybridized carbons (Fsp3) is 0.333. The minimum Gasteiger partial charge on any atom is -0.393 e. The number of benzene rings is 1. The summed E-state index contributed by atoms with van der Waals surface area (Å²) in [5.41, 5.74) is 11.8. The predicted octanol–water partition coefficient (Wildman–Crippen LogP) is 0.603. The Labute approximate surface area is 132 Å². The van der Waals surface area contributed by atoms with Gasteiger partial charge in [0.2, 0.25) is 0 Å². The summed E-state index contributed by atoms with van der Waals surface area (Å²) in [4.78, 5) is 25.6. The van der Waals surface area contributed by atoms with Crippen LogP contribution in [-0.2, 0) is 0 Å². The zero-order chi connectivity index (χ0) is 17.3. The van der Waals surface area contributed by atoms with Gasteiger partial charge in [-0.15, -0.1) is 0 Å². The second kappa shape index (κ2) is 6.27. The van der Waals surface area contributed by atoms with Crippen LogP contribution in [0.4, 0.5) is 10.6 Å². The summed E-state index contributed by atoms with van der Waals surface area (Å²) in [6.07, 6.45) is -1.53. The molecule has 0 spiro atoms. The summed E-state index contributed by atoms with van der Waals surface area (Å²) >= 11 is 0. The standard InChI is InChI=1S/C15H20N4O4/c1-6(20)11(7(2)21)8-3-4-9-10(5-8)18-14(19-15(17)23)12(9)13(16)22/h3-7,11,18,20-21H,1-2H3,(H2,16,22)(H3,17,19,23). The molecular weight excluding hydrogens is 300 g/mol. The number of aliphatic hydroxyl groups excluding tert-OH is 2. The Hall–Kier alpha value is -2.58. The number of hydrogen-bond donors (Lipinski definition) is 6. The molecule has 0 radical (unpaired) electrons. The summed E-state index contributed by atoms with van der Waals surface area (Å²) in [7, 11) is 0. The van der Waals surface area contributed by atoms with E-state index in [1.165, 1.54) is 0 Å². The van der Waals surface area contributed by atoms with Gasteiger partial charge >= 0.3 is 6.03 Å². The van der Waals surface area contributed by atoms with Gasteiger partial charge in [-0.1, -0.05) is 12.1 Å². The van der Waals surface area contributed by atoms with Crippen LogP contribution in [0.2, 0.25) is 0 Å². The largest absolute Gasteiger partial charge is 0.393 e. The van der Waals surface area contributed by atoms with E-state index in [1.54, 1.807) is 32.0 Å². The maximum absolute atomic E-state index is 11.6. The number of urea groups is 1. The van der Waals surface area contributed by atoms with Crippen molar-refractivity contribution in [3.05, 3.63) is 29.3 Å². The maximum atomic E-state index is 11.6. The molecule has 2 atom stereocenters. The topological polar surface area (TPSA) is 154 Å². The van der Waals surface area contributed by atoms with Crippen LogP contribution in [0.1, 0.15) is 35.7 Å². The van der Waals surface area contributed by atoms with Crippen LogP contribution >= 0.6 is 0 Å². The quantitative estimate of drug-likeness (QED) is 0.477. The molecule has 2 rings (SSSR count). The smallest absolute Gasteiger partial charge is 0.317 e. The molecule has 23 heavy (non-hydrogen) atoms. The first-order chi connectivity index (χ1) is 10.7. The number of rotatable bonds is 5. The summed E-state index contributed by atoms with van der Waals surface area (Å²) in [6.45, 7) is 3.18. The number of carbonyl (C=O) groups is 2. The average molecular weight is 320 g/mol. The molecule has 1 aromatic heterocycles. The van der Waals surface area contributed by atoms with E-state index in [-0.39, 0.29) is 11.4 Å². The van der Waals surface area contributed by atoms with E-state index in [0.29, 0.717) is 16.5 Å². The van der Waals surface area contributed by atoms with Crippen molar-refractivity contribution in [1.29, 1.82) is 0 Å². The molecule has 124 valence electrons. The van der Waals surface area contributed by atoms with Crippen LogP contribution in [0.25, 0.3) is 10.9 Å². The van der Waals surface area contributed by atoms with Gasteiger partial charge in [-0.3, -0.25) is 10.1 Å². The summed E-state index contributed by atoms with van der Waals surface area (Å²) in [6, 6.07) is 4.20. The van der Waals surface area contributed by atoms with E-state index in [9.17, 15) is 19.8 Å². The molecule has 8 nitrogen and oxygen atoms in total. The van der Waals surface area contributed by atoms with Crippen molar-refractivity contribution in [2.75, 3.05) is 5.32 Å². The zero-order valence-corrected chi connectivity index (χ0v) is 12.8. The third-order valence-corrected chi connectivity index (χ3v) is 3.74. The number of aromatic amines is 1. The number of nitrogens with one attached hydrogen (secondary N) is 2. The molecule has 0 saturated carbocycles. The Morgan fingerprint density at radius 2 is 1.78 bits per heavy atom. The summed E-state index contributed by atoms with van der Waals surface area (Å²) in [5, 5.41) is 22.6. The Kier molecular flexibility index (Phi) is 4.57. The predicted molar refractivity (Wildman–Crippen MR) is 86.1 cm³/mol. The van der Waals surface area contributed by atoms with E-state index in [4.69, 9.17) is 11.5 Å². The van der Waals surface area contributed by atoms with Gasteiger partial charge in [-0.25, -0.2) is 4.79 Å². The number of primary amides is 2. The fourth-order valence-corrected chi connectivity index (χ4v) is 2.86. The molecular formula is C15H20N4O4. The number of anilines is 1. The first-order valence-corrected chi connectivity index (χ1v) is 7.10. The van der Waals surface area contributed by atoms with Crippen LogP contribution in [-0.4, -0.2) is 39.3 Å². The lowest BCUT2D eigenvalue weighted by molar-refractivity contribution is 0.0730.